The molecular formula is C20H19FN4O5. The van der Waals surface area contributed by atoms with E-state index in [0.29, 0.717) is 11.3 Å². The molecule has 0 radical (unpaired) electrons. The summed E-state index contributed by atoms with van der Waals surface area (Å²) in [6.45, 7) is 2.94. The van der Waals surface area contributed by atoms with Crippen LogP contribution in [0.2, 0.25) is 0 Å². The first-order valence-electron chi connectivity index (χ1n) is 9.12. The van der Waals surface area contributed by atoms with Gasteiger partial charge in [0.1, 0.15) is 17.9 Å². The number of amides is 4. The van der Waals surface area contributed by atoms with Crippen LogP contribution in [0, 0.1) is 15.9 Å². The number of carbonyl (C=O) groups is 3. The third-order valence-electron chi connectivity index (χ3n) is 4.98. The lowest BCUT2D eigenvalue weighted by Crippen LogP contribution is -2.44. The van der Waals surface area contributed by atoms with Crippen molar-refractivity contribution in [2.75, 3.05) is 18.0 Å². The van der Waals surface area contributed by atoms with Gasteiger partial charge in [-0.2, -0.15) is 0 Å². The Bertz CT molecular complexity index is 1010. The number of nitrogens with one attached hydrogen (secondary N) is 1. The van der Waals surface area contributed by atoms with Crippen LogP contribution < -0.4 is 10.2 Å². The lowest BCUT2D eigenvalue weighted by Gasteiger charge is -2.24. The van der Waals surface area contributed by atoms with Gasteiger partial charge < -0.3 is 10.2 Å². The monoisotopic (exact) mass is 414 g/mol. The van der Waals surface area contributed by atoms with E-state index in [-0.39, 0.29) is 12.2 Å². The Labute approximate surface area is 171 Å². The van der Waals surface area contributed by atoms with Crippen LogP contribution in [0.5, 0.6) is 0 Å². The number of hydrogen-bond acceptors (Lipinski definition) is 5. The summed E-state index contributed by atoms with van der Waals surface area (Å²) in [5, 5.41) is 13.4. The van der Waals surface area contributed by atoms with E-state index in [0.717, 1.165) is 4.90 Å². The molecule has 1 aliphatic rings. The van der Waals surface area contributed by atoms with Crippen molar-refractivity contribution < 1.29 is 23.7 Å². The van der Waals surface area contributed by atoms with Crippen molar-refractivity contribution in [3.8, 4) is 0 Å². The Morgan fingerprint density at radius 1 is 1.17 bits per heavy atom. The minimum Gasteiger partial charge on any atom is -0.319 e. The van der Waals surface area contributed by atoms with Gasteiger partial charge in [0.15, 0.2) is 0 Å². The van der Waals surface area contributed by atoms with Gasteiger partial charge >= 0.3 is 6.03 Å². The second-order valence-electron chi connectivity index (χ2n) is 6.86. The first-order valence-corrected chi connectivity index (χ1v) is 9.12. The molecule has 1 saturated heterocycles. The zero-order valence-corrected chi connectivity index (χ0v) is 16.3. The highest BCUT2D eigenvalue weighted by Gasteiger charge is 2.49. The summed E-state index contributed by atoms with van der Waals surface area (Å²) in [6, 6.07) is 9.80. The van der Waals surface area contributed by atoms with Crippen LogP contribution in [0.4, 0.5) is 20.6 Å². The molecule has 0 bridgehead atoms. The van der Waals surface area contributed by atoms with Crippen molar-refractivity contribution in [1.82, 2.24) is 10.2 Å². The molecule has 1 N–H and O–H groups in total. The summed E-state index contributed by atoms with van der Waals surface area (Å²) in [4.78, 5) is 50.6. The molecule has 1 fully saturated rings. The molecule has 2 aromatic rings. The average molecular weight is 414 g/mol. The number of carbonyl (C=O) groups excluding carboxylic acids is 3. The zero-order valence-electron chi connectivity index (χ0n) is 16.3. The van der Waals surface area contributed by atoms with Gasteiger partial charge in [-0.15, -0.1) is 0 Å². The molecule has 0 saturated carbocycles. The van der Waals surface area contributed by atoms with Crippen LogP contribution in [0.15, 0.2) is 48.5 Å². The lowest BCUT2D eigenvalue weighted by atomic mass is 9.92. The van der Waals surface area contributed by atoms with E-state index in [1.54, 1.807) is 6.92 Å². The fourth-order valence-corrected chi connectivity index (χ4v) is 3.30. The van der Waals surface area contributed by atoms with E-state index < -0.39 is 40.7 Å². The van der Waals surface area contributed by atoms with Crippen molar-refractivity contribution in [3.05, 3.63) is 70.0 Å². The molecule has 3 rings (SSSR count). The topological polar surface area (TPSA) is 113 Å². The number of nitro benzene ring substituents is 1. The molecule has 1 atom stereocenters. The number of imide groups is 1. The number of hydrogen-bond donors (Lipinski definition) is 1. The number of rotatable bonds is 6. The smallest absolute Gasteiger partial charge is 0.319 e. The summed E-state index contributed by atoms with van der Waals surface area (Å²) < 4.78 is 13.2. The van der Waals surface area contributed by atoms with E-state index in [1.165, 1.54) is 60.4 Å². The van der Waals surface area contributed by atoms with E-state index in [2.05, 4.69) is 5.32 Å². The number of benzene rings is 2. The van der Waals surface area contributed by atoms with Gasteiger partial charge in [-0.25, -0.2) is 9.18 Å². The number of anilines is 1. The SMILES string of the molecule is CCN(C(=O)CN1C(=O)N[C@@](C)(c2ccc([N+](=O)[O-])cc2)C1=O)c1ccc(F)cc1. The van der Waals surface area contributed by atoms with Crippen LogP contribution in [0.3, 0.4) is 0 Å². The molecule has 1 heterocycles. The fourth-order valence-electron chi connectivity index (χ4n) is 3.30. The van der Waals surface area contributed by atoms with Crippen molar-refractivity contribution in [2.24, 2.45) is 0 Å². The number of nitro groups is 1. The van der Waals surface area contributed by atoms with Gasteiger partial charge in [-0.05, 0) is 55.8 Å². The molecule has 0 aliphatic carbocycles. The molecule has 0 spiro atoms. The summed E-state index contributed by atoms with van der Waals surface area (Å²) in [7, 11) is 0. The molecule has 0 aromatic heterocycles. The Hall–Kier alpha value is -3.82. The zero-order chi connectivity index (χ0) is 22.1. The predicted molar refractivity (Wildman–Crippen MR) is 105 cm³/mol. The summed E-state index contributed by atoms with van der Waals surface area (Å²) in [6.07, 6.45) is 0. The van der Waals surface area contributed by atoms with Gasteiger partial charge in [0.25, 0.3) is 11.6 Å². The molecule has 2 aromatic carbocycles. The number of likely N-dealkylation sites (N-methyl/N-ethyl adjacent to an activating group) is 1. The number of non-ortho nitro benzene ring substituents is 1. The standard InChI is InChI=1S/C20H19FN4O5/c1-3-23(15-10-6-14(21)7-11-15)17(26)12-24-18(27)20(2,22-19(24)28)13-4-8-16(9-5-13)25(29)30/h4-11H,3,12H2,1-2H3,(H,22,28)/t20-/m0/s1. The van der Waals surface area contributed by atoms with Crippen molar-refractivity contribution in [3.63, 3.8) is 0 Å². The number of halogens is 1. The van der Waals surface area contributed by atoms with Gasteiger partial charge in [0.05, 0.1) is 4.92 Å². The number of urea groups is 1. The number of nitrogens with zero attached hydrogens (tertiary/aromatic N) is 3. The second kappa shape index (κ2) is 7.90. The van der Waals surface area contributed by atoms with Crippen LogP contribution >= 0.6 is 0 Å². The first kappa shape index (κ1) is 20.9. The van der Waals surface area contributed by atoms with E-state index in [9.17, 15) is 28.9 Å². The Kier molecular flexibility index (Phi) is 5.50. The Morgan fingerprint density at radius 2 is 1.77 bits per heavy atom. The van der Waals surface area contributed by atoms with Crippen molar-refractivity contribution >= 4 is 29.2 Å². The molecular weight excluding hydrogens is 395 g/mol. The molecule has 1 aliphatic heterocycles. The maximum atomic E-state index is 13.2. The van der Waals surface area contributed by atoms with Gasteiger partial charge in [-0.3, -0.25) is 24.6 Å². The summed E-state index contributed by atoms with van der Waals surface area (Å²) in [5.74, 6) is -1.61. The maximum Gasteiger partial charge on any atom is 0.325 e. The largest absolute Gasteiger partial charge is 0.325 e. The van der Waals surface area contributed by atoms with Crippen LogP contribution in [0.1, 0.15) is 19.4 Å². The third kappa shape index (κ3) is 3.71. The van der Waals surface area contributed by atoms with Crippen molar-refractivity contribution in [1.29, 1.82) is 0 Å². The highest BCUT2D eigenvalue weighted by Crippen LogP contribution is 2.30. The van der Waals surface area contributed by atoms with Crippen LogP contribution in [-0.4, -0.2) is 40.8 Å². The normalized spacial score (nSPS) is 18.3. The second-order valence-corrected chi connectivity index (χ2v) is 6.86. The third-order valence-corrected chi connectivity index (χ3v) is 4.98. The first-order chi connectivity index (χ1) is 14.2. The van der Waals surface area contributed by atoms with E-state index in [1.807, 2.05) is 0 Å². The molecule has 156 valence electrons. The molecule has 0 unspecified atom stereocenters. The minimum absolute atomic E-state index is 0.149. The Morgan fingerprint density at radius 3 is 2.30 bits per heavy atom. The van der Waals surface area contributed by atoms with E-state index in [4.69, 9.17) is 0 Å². The highest BCUT2D eigenvalue weighted by molar-refractivity contribution is 6.10. The van der Waals surface area contributed by atoms with Gasteiger partial charge in [0.2, 0.25) is 5.91 Å². The Balaban J connectivity index is 1.80. The van der Waals surface area contributed by atoms with Crippen LogP contribution in [0.25, 0.3) is 0 Å². The molecule has 4 amide bonds. The maximum absolute atomic E-state index is 13.2. The van der Waals surface area contributed by atoms with Crippen LogP contribution in [-0.2, 0) is 15.1 Å². The average Bonchev–Trinajstić information content (AvgIpc) is 2.94. The van der Waals surface area contributed by atoms with Gasteiger partial charge in [0, 0.05) is 24.4 Å². The predicted octanol–water partition coefficient (Wildman–Crippen LogP) is 2.55. The minimum atomic E-state index is -1.46. The van der Waals surface area contributed by atoms with Crippen molar-refractivity contribution in [2.45, 2.75) is 19.4 Å². The fraction of sp³-hybridized carbons (Fsp3) is 0.250. The lowest BCUT2D eigenvalue weighted by molar-refractivity contribution is -0.384. The van der Waals surface area contributed by atoms with E-state index >= 15 is 0 Å². The molecule has 9 nitrogen and oxygen atoms in total. The summed E-state index contributed by atoms with van der Waals surface area (Å²) in [5.41, 5.74) is -0.815. The molecule has 30 heavy (non-hydrogen) atoms. The quantitative estimate of drug-likeness (QED) is 0.443. The highest BCUT2D eigenvalue weighted by atomic mass is 19.1. The molecule has 10 heteroatoms. The van der Waals surface area contributed by atoms with Gasteiger partial charge in [-0.1, -0.05) is 0 Å². The summed E-state index contributed by atoms with van der Waals surface area (Å²) >= 11 is 0.